The van der Waals surface area contributed by atoms with Crippen molar-refractivity contribution in [2.24, 2.45) is 0 Å². The summed E-state index contributed by atoms with van der Waals surface area (Å²) in [5.41, 5.74) is 1.95. The van der Waals surface area contributed by atoms with E-state index in [-0.39, 0.29) is 30.7 Å². The number of methoxy groups -OCH3 is 1. The molecule has 1 heterocycles. The molecule has 9 nitrogen and oxygen atoms in total. The van der Waals surface area contributed by atoms with E-state index in [4.69, 9.17) is 9.47 Å². The van der Waals surface area contributed by atoms with E-state index < -0.39 is 11.0 Å². The van der Waals surface area contributed by atoms with Gasteiger partial charge in [-0.1, -0.05) is 60.7 Å². The molecule has 1 fully saturated rings. The number of anilines is 2. The van der Waals surface area contributed by atoms with Crippen molar-refractivity contribution in [1.29, 1.82) is 0 Å². The number of hydrogen-bond acceptors (Lipinski definition) is 6. The summed E-state index contributed by atoms with van der Waals surface area (Å²) >= 11 is 0. The summed E-state index contributed by atoms with van der Waals surface area (Å²) in [6.45, 7) is 0.570. The Balaban J connectivity index is 1.61. The maximum atomic E-state index is 14.6. The number of benzene rings is 3. The Morgan fingerprint density at radius 2 is 1.54 bits per heavy atom. The standard InChI is InChI=1S/C32H32N4O5/c1-40-29-19-18-26(21-30(29)41-27-15-8-9-16-27)35(31-28(36(38)39)17-10-20-33-31)32(37)34(22-24-11-4-2-5-12-24)23-25-13-6-3-7-14-25/h2-7,10-14,17-21,27H,8-9,15-16,22-23H2,1H3. The van der Waals surface area contributed by atoms with E-state index in [1.807, 2.05) is 60.7 Å². The molecule has 4 aromatic rings. The molecule has 0 radical (unpaired) electrons. The van der Waals surface area contributed by atoms with Gasteiger partial charge in [0, 0.05) is 31.4 Å². The largest absolute Gasteiger partial charge is 0.493 e. The Morgan fingerprint density at radius 3 is 2.12 bits per heavy atom. The first kappa shape index (κ1) is 27.6. The predicted molar refractivity (Wildman–Crippen MR) is 156 cm³/mol. The fourth-order valence-electron chi connectivity index (χ4n) is 5.05. The van der Waals surface area contributed by atoms with Crippen LogP contribution in [-0.4, -0.2) is 34.1 Å². The highest BCUT2D eigenvalue weighted by molar-refractivity contribution is 6.00. The molecule has 0 spiro atoms. The number of ether oxygens (including phenoxy) is 2. The highest BCUT2D eigenvalue weighted by atomic mass is 16.6. The molecule has 0 atom stereocenters. The zero-order chi connectivity index (χ0) is 28.6. The first-order chi connectivity index (χ1) is 20.0. The average molecular weight is 553 g/mol. The predicted octanol–water partition coefficient (Wildman–Crippen LogP) is 7.28. The van der Waals surface area contributed by atoms with Crippen LogP contribution in [-0.2, 0) is 13.1 Å². The van der Waals surface area contributed by atoms with Crippen LogP contribution in [0.1, 0.15) is 36.8 Å². The average Bonchev–Trinajstić information content (AvgIpc) is 3.51. The molecule has 41 heavy (non-hydrogen) atoms. The van der Waals surface area contributed by atoms with E-state index in [9.17, 15) is 14.9 Å². The van der Waals surface area contributed by atoms with Crippen molar-refractivity contribution in [1.82, 2.24) is 9.88 Å². The molecule has 1 saturated carbocycles. The Hall–Kier alpha value is -4.92. The van der Waals surface area contributed by atoms with Gasteiger partial charge in [-0.05, 0) is 55.0 Å². The summed E-state index contributed by atoms with van der Waals surface area (Å²) in [5, 5.41) is 12.1. The second kappa shape index (κ2) is 13.0. The molecule has 1 aliphatic rings. The minimum absolute atomic E-state index is 0.0418. The van der Waals surface area contributed by atoms with Crippen molar-refractivity contribution in [3.8, 4) is 11.5 Å². The SMILES string of the molecule is COc1ccc(N(C(=O)N(Cc2ccccc2)Cc2ccccc2)c2ncccc2[N+](=O)[O-])cc1OC1CCCC1. The van der Waals surface area contributed by atoms with Crippen molar-refractivity contribution in [2.75, 3.05) is 12.0 Å². The number of aromatic nitrogens is 1. The molecule has 0 aliphatic heterocycles. The molecule has 210 valence electrons. The van der Waals surface area contributed by atoms with Crippen molar-refractivity contribution in [3.63, 3.8) is 0 Å². The van der Waals surface area contributed by atoms with E-state index in [0.29, 0.717) is 17.2 Å². The zero-order valence-electron chi connectivity index (χ0n) is 22.9. The molecule has 0 saturated heterocycles. The third-order valence-corrected chi connectivity index (χ3v) is 7.07. The van der Waals surface area contributed by atoms with Gasteiger partial charge in [-0.15, -0.1) is 0 Å². The molecule has 1 aromatic heterocycles. The Bertz CT molecular complexity index is 1430. The molecule has 0 unspecified atom stereocenters. The Morgan fingerprint density at radius 1 is 0.902 bits per heavy atom. The van der Waals surface area contributed by atoms with E-state index in [1.165, 1.54) is 23.2 Å². The van der Waals surface area contributed by atoms with Crippen LogP contribution < -0.4 is 14.4 Å². The summed E-state index contributed by atoms with van der Waals surface area (Å²) in [6, 6.07) is 26.8. The van der Waals surface area contributed by atoms with E-state index >= 15 is 0 Å². The summed E-state index contributed by atoms with van der Waals surface area (Å²) in [6.07, 6.45) is 5.53. The minimum atomic E-state index is -0.527. The number of pyridine rings is 1. The van der Waals surface area contributed by atoms with Crippen LogP contribution in [0, 0.1) is 10.1 Å². The van der Waals surface area contributed by atoms with Gasteiger partial charge in [0.1, 0.15) is 0 Å². The molecule has 5 rings (SSSR count). The smallest absolute Gasteiger partial charge is 0.331 e. The number of carbonyl (C=O) groups excluding carboxylic acids is 1. The summed E-state index contributed by atoms with van der Waals surface area (Å²) in [7, 11) is 1.56. The van der Waals surface area contributed by atoms with Gasteiger partial charge in [0.05, 0.1) is 23.8 Å². The quantitative estimate of drug-likeness (QED) is 0.151. The first-order valence-corrected chi connectivity index (χ1v) is 13.6. The number of rotatable bonds is 10. The highest BCUT2D eigenvalue weighted by Gasteiger charge is 2.32. The summed E-state index contributed by atoms with van der Waals surface area (Å²) in [5.74, 6) is 0.922. The lowest BCUT2D eigenvalue weighted by Crippen LogP contribution is -2.40. The second-order valence-corrected chi connectivity index (χ2v) is 9.91. The summed E-state index contributed by atoms with van der Waals surface area (Å²) in [4.78, 5) is 33.4. The minimum Gasteiger partial charge on any atom is -0.493 e. The van der Waals surface area contributed by atoms with Crippen molar-refractivity contribution in [3.05, 3.63) is 118 Å². The number of nitro groups is 1. The monoisotopic (exact) mass is 552 g/mol. The van der Waals surface area contributed by atoms with Crippen LogP contribution in [0.5, 0.6) is 11.5 Å². The Labute approximate surface area is 239 Å². The fraction of sp³-hybridized carbons (Fsp3) is 0.250. The van der Waals surface area contributed by atoms with E-state index in [1.54, 1.807) is 30.2 Å². The van der Waals surface area contributed by atoms with Crippen molar-refractivity contribution in [2.45, 2.75) is 44.9 Å². The third-order valence-electron chi connectivity index (χ3n) is 7.07. The third kappa shape index (κ3) is 6.63. The molecular formula is C32H32N4O5. The number of urea groups is 1. The lowest BCUT2D eigenvalue weighted by molar-refractivity contribution is -0.384. The lowest BCUT2D eigenvalue weighted by atomic mass is 10.1. The van der Waals surface area contributed by atoms with Gasteiger partial charge < -0.3 is 14.4 Å². The molecule has 1 aliphatic carbocycles. The van der Waals surface area contributed by atoms with Gasteiger partial charge in [0.25, 0.3) is 0 Å². The second-order valence-electron chi connectivity index (χ2n) is 9.91. The highest BCUT2D eigenvalue weighted by Crippen LogP contribution is 2.39. The van der Waals surface area contributed by atoms with Gasteiger partial charge >= 0.3 is 11.7 Å². The maximum absolute atomic E-state index is 14.6. The normalized spacial score (nSPS) is 13.0. The number of amides is 2. The van der Waals surface area contributed by atoms with Gasteiger partial charge in [-0.2, -0.15) is 0 Å². The molecule has 0 bridgehead atoms. The lowest BCUT2D eigenvalue weighted by Gasteiger charge is -2.31. The topological polar surface area (TPSA) is 98.0 Å². The molecule has 3 aromatic carbocycles. The number of carbonyl (C=O) groups is 1. The van der Waals surface area contributed by atoms with Gasteiger partial charge in [0.2, 0.25) is 5.82 Å². The molecular weight excluding hydrogens is 520 g/mol. The number of hydrogen-bond donors (Lipinski definition) is 0. The van der Waals surface area contributed by atoms with Crippen LogP contribution in [0.4, 0.5) is 22.0 Å². The van der Waals surface area contributed by atoms with Crippen LogP contribution in [0.3, 0.4) is 0 Å². The fourth-order valence-corrected chi connectivity index (χ4v) is 5.05. The maximum Gasteiger partial charge on any atom is 0.331 e. The Kier molecular flexibility index (Phi) is 8.73. The van der Waals surface area contributed by atoms with Crippen LogP contribution in [0.2, 0.25) is 0 Å². The van der Waals surface area contributed by atoms with Crippen LogP contribution >= 0.6 is 0 Å². The van der Waals surface area contributed by atoms with Crippen LogP contribution in [0.25, 0.3) is 0 Å². The molecule has 9 heteroatoms. The van der Waals surface area contributed by atoms with Gasteiger partial charge in [-0.3, -0.25) is 10.1 Å². The van der Waals surface area contributed by atoms with Crippen LogP contribution in [0.15, 0.2) is 97.2 Å². The first-order valence-electron chi connectivity index (χ1n) is 13.6. The van der Waals surface area contributed by atoms with Gasteiger partial charge in [0.15, 0.2) is 11.5 Å². The van der Waals surface area contributed by atoms with Gasteiger partial charge in [-0.25, -0.2) is 14.7 Å². The molecule has 2 amide bonds. The van der Waals surface area contributed by atoms with E-state index in [0.717, 1.165) is 36.8 Å². The van der Waals surface area contributed by atoms with Crippen molar-refractivity contribution < 1.29 is 19.2 Å². The van der Waals surface area contributed by atoms with E-state index in [2.05, 4.69) is 4.98 Å². The number of nitrogens with zero attached hydrogens (tertiary/aromatic N) is 4. The summed E-state index contributed by atoms with van der Waals surface area (Å²) < 4.78 is 11.9. The van der Waals surface area contributed by atoms with Crippen molar-refractivity contribution >= 4 is 23.2 Å². The zero-order valence-corrected chi connectivity index (χ0v) is 22.9. The molecule has 0 N–H and O–H groups in total.